The van der Waals surface area contributed by atoms with Crippen LogP contribution in [-0.2, 0) is 10.3 Å². The number of nitro groups is 1. The van der Waals surface area contributed by atoms with Gasteiger partial charge in [0.2, 0.25) is 0 Å². The van der Waals surface area contributed by atoms with Crippen LogP contribution < -0.4 is 0 Å². The van der Waals surface area contributed by atoms with E-state index in [0.29, 0.717) is 0 Å². The molecule has 1 aromatic rings. The lowest BCUT2D eigenvalue weighted by molar-refractivity contribution is -0.539. The fourth-order valence-corrected chi connectivity index (χ4v) is 2.02. The first-order valence-electron chi connectivity index (χ1n) is 5.85. The molecule has 9 nitrogen and oxygen atoms in total. The molecule has 2 rings (SSSR count). The third-order valence-electron chi connectivity index (χ3n) is 3.08. The maximum Gasteiger partial charge on any atom is 0.352 e. The van der Waals surface area contributed by atoms with Crippen LogP contribution >= 0.6 is 0 Å². The number of rotatable bonds is 4. The number of aliphatic imine (C=N–C) groups is 1. The minimum atomic E-state index is -1.96. The van der Waals surface area contributed by atoms with E-state index in [1.807, 2.05) is 0 Å². The molecule has 0 saturated heterocycles. The van der Waals surface area contributed by atoms with Crippen LogP contribution in [0, 0.1) is 10.1 Å². The Balaban J connectivity index is 2.58. The quantitative estimate of drug-likeness (QED) is 0.606. The summed E-state index contributed by atoms with van der Waals surface area (Å²) in [6, 6.07) is 1.29. The number of aromatic amines is 1. The molecule has 21 heavy (non-hydrogen) atoms. The number of nitrogens with zero attached hydrogens (tertiary/aromatic N) is 3. The minimum absolute atomic E-state index is 0.0784. The van der Waals surface area contributed by atoms with Crippen molar-refractivity contribution in [1.82, 2.24) is 9.88 Å². The lowest BCUT2D eigenvalue weighted by Crippen LogP contribution is -2.35. The summed E-state index contributed by atoms with van der Waals surface area (Å²) in [7, 11) is 2.98. The van der Waals surface area contributed by atoms with E-state index >= 15 is 0 Å². The van der Waals surface area contributed by atoms with Gasteiger partial charge in [-0.15, -0.1) is 0 Å². The van der Waals surface area contributed by atoms with E-state index in [9.17, 15) is 19.7 Å². The Hall–Kier alpha value is -2.97. The number of hydrogen-bond acceptors (Lipinski definition) is 5. The predicted molar refractivity (Wildman–Crippen MR) is 71.7 cm³/mol. The van der Waals surface area contributed by atoms with Crippen molar-refractivity contribution in [2.75, 3.05) is 14.1 Å². The van der Waals surface area contributed by atoms with Crippen LogP contribution in [-0.4, -0.2) is 52.1 Å². The van der Waals surface area contributed by atoms with Gasteiger partial charge in [-0.3, -0.25) is 14.9 Å². The van der Waals surface area contributed by atoms with Crippen LogP contribution in [0.15, 0.2) is 29.0 Å². The third-order valence-corrected chi connectivity index (χ3v) is 3.08. The van der Waals surface area contributed by atoms with Crippen LogP contribution in [0.2, 0.25) is 0 Å². The van der Waals surface area contributed by atoms with E-state index < -0.39 is 22.3 Å². The van der Waals surface area contributed by atoms with Crippen LogP contribution in [0.1, 0.15) is 16.1 Å². The van der Waals surface area contributed by atoms with Crippen molar-refractivity contribution in [2.45, 2.75) is 5.54 Å². The molecular weight excluding hydrogens is 280 g/mol. The lowest BCUT2D eigenvalue weighted by atomic mass is 9.92. The molecule has 110 valence electrons. The zero-order valence-electron chi connectivity index (χ0n) is 11.2. The summed E-state index contributed by atoms with van der Waals surface area (Å²) in [5.74, 6) is -1.83. The van der Waals surface area contributed by atoms with Gasteiger partial charge >= 0.3 is 11.5 Å². The average molecular weight is 292 g/mol. The topological polar surface area (TPSA) is 129 Å². The minimum Gasteiger partial charge on any atom is -0.477 e. The van der Waals surface area contributed by atoms with E-state index in [1.54, 1.807) is 0 Å². The normalized spacial score (nSPS) is 20.2. The highest BCUT2D eigenvalue weighted by molar-refractivity contribution is 5.99. The highest BCUT2D eigenvalue weighted by Crippen LogP contribution is 2.33. The second-order valence-corrected chi connectivity index (χ2v) is 4.64. The average Bonchev–Trinajstić information content (AvgIpc) is 3.04. The van der Waals surface area contributed by atoms with Crippen LogP contribution in [0.5, 0.6) is 0 Å². The summed E-state index contributed by atoms with van der Waals surface area (Å²) in [6.45, 7) is 0. The van der Waals surface area contributed by atoms with Crippen molar-refractivity contribution in [2.24, 2.45) is 4.99 Å². The number of aromatic carboxylic acids is 1. The molecule has 0 saturated carbocycles. The molecule has 1 amide bonds. The molecule has 1 aromatic heterocycles. The van der Waals surface area contributed by atoms with Crippen molar-refractivity contribution in [1.29, 1.82) is 0 Å². The van der Waals surface area contributed by atoms with Gasteiger partial charge < -0.3 is 15.0 Å². The second kappa shape index (κ2) is 4.85. The zero-order chi connectivity index (χ0) is 15.8. The summed E-state index contributed by atoms with van der Waals surface area (Å²) in [5.41, 5.74) is -2.46. The molecular formula is C12H12N4O5. The first-order valence-corrected chi connectivity index (χ1v) is 5.85. The largest absolute Gasteiger partial charge is 0.477 e. The maximum absolute atomic E-state index is 11.8. The highest BCUT2D eigenvalue weighted by atomic mass is 16.6. The van der Waals surface area contributed by atoms with Crippen molar-refractivity contribution in [3.05, 3.63) is 45.4 Å². The van der Waals surface area contributed by atoms with Crippen LogP contribution in [0.4, 0.5) is 0 Å². The molecule has 0 bridgehead atoms. The smallest absolute Gasteiger partial charge is 0.352 e. The maximum atomic E-state index is 11.8. The molecule has 0 fully saturated rings. The van der Waals surface area contributed by atoms with Crippen molar-refractivity contribution < 1.29 is 19.6 Å². The highest BCUT2D eigenvalue weighted by Gasteiger charge is 2.48. The molecule has 0 aromatic carbocycles. The number of hydrogen-bond donors (Lipinski definition) is 2. The molecule has 1 aliphatic heterocycles. The molecule has 9 heteroatoms. The van der Waals surface area contributed by atoms with E-state index in [0.717, 1.165) is 12.3 Å². The molecule has 0 radical (unpaired) electrons. The van der Waals surface area contributed by atoms with Crippen LogP contribution in [0.25, 0.3) is 0 Å². The number of carbonyl (C=O) groups excluding carboxylic acids is 1. The lowest BCUT2D eigenvalue weighted by Gasteiger charge is -2.14. The molecule has 1 aliphatic rings. The van der Waals surface area contributed by atoms with Gasteiger partial charge in [-0.1, -0.05) is 0 Å². The Kier molecular flexibility index (Phi) is 3.34. The van der Waals surface area contributed by atoms with Gasteiger partial charge in [0.1, 0.15) is 11.4 Å². The van der Waals surface area contributed by atoms with E-state index in [1.165, 1.54) is 31.3 Å². The van der Waals surface area contributed by atoms with E-state index in [-0.39, 0.29) is 17.0 Å². The van der Waals surface area contributed by atoms with Gasteiger partial charge in [-0.2, -0.15) is 0 Å². The summed E-state index contributed by atoms with van der Waals surface area (Å²) < 4.78 is 0. The first-order chi connectivity index (χ1) is 9.79. The molecule has 1 atom stereocenters. The Morgan fingerprint density at radius 2 is 2.14 bits per heavy atom. The zero-order valence-corrected chi connectivity index (χ0v) is 11.2. The Labute approximate surface area is 118 Å². The van der Waals surface area contributed by atoms with Gasteiger partial charge in [0.05, 0.1) is 11.8 Å². The summed E-state index contributed by atoms with van der Waals surface area (Å²) in [6.07, 6.45) is 3.32. The second-order valence-electron chi connectivity index (χ2n) is 4.64. The fraction of sp³-hybridized carbons (Fsp3) is 0.250. The van der Waals surface area contributed by atoms with Gasteiger partial charge in [-0.25, -0.2) is 9.79 Å². The Morgan fingerprint density at radius 3 is 2.67 bits per heavy atom. The van der Waals surface area contributed by atoms with Crippen LogP contribution in [0.3, 0.4) is 0 Å². The first kappa shape index (κ1) is 14.4. The molecule has 0 aliphatic carbocycles. The standard InChI is InChI=1S/C12H12N4O5/c1-15(2)10(17)8-5-12(6-14-8,16(20)21)7-3-4-13-9(7)11(18)19/h3-6,13H,1-2H3,(H,18,19). The number of likely N-dealkylation sites (N-methyl/N-ethyl adjacent to an activating group) is 1. The number of H-pyrrole nitrogens is 1. The monoisotopic (exact) mass is 292 g/mol. The Bertz CT molecular complexity index is 688. The predicted octanol–water partition coefficient (Wildman–Crippen LogP) is 0.241. The van der Waals surface area contributed by atoms with Crippen molar-refractivity contribution in [3.8, 4) is 0 Å². The molecule has 2 heterocycles. The van der Waals surface area contributed by atoms with Gasteiger partial charge in [-0.05, 0) is 6.07 Å². The van der Waals surface area contributed by atoms with Crippen molar-refractivity contribution >= 4 is 18.1 Å². The molecule has 1 unspecified atom stereocenters. The summed E-state index contributed by atoms with van der Waals surface area (Å²) in [4.78, 5) is 41.2. The van der Waals surface area contributed by atoms with Gasteiger partial charge in [0.15, 0.2) is 0 Å². The summed E-state index contributed by atoms with van der Waals surface area (Å²) in [5, 5.41) is 20.6. The molecule has 0 spiro atoms. The van der Waals surface area contributed by atoms with Crippen molar-refractivity contribution in [3.63, 3.8) is 0 Å². The number of carbonyl (C=O) groups is 2. The SMILES string of the molecule is CN(C)C(=O)C1=CC(c2cc[nH]c2C(=O)O)([N+](=O)[O-])C=N1. The number of carboxylic acid groups (broad SMARTS) is 1. The number of aromatic nitrogens is 1. The number of amides is 1. The van der Waals surface area contributed by atoms with E-state index in [2.05, 4.69) is 9.98 Å². The summed E-state index contributed by atoms with van der Waals surface area (Å²) >= 11 is 0. The van der Waals surface area contributed by atoms with E-state index in [4.69, 9.17) is 5.11 Å². The Morgan fingerprint density at radius 1 is 1.48 bits per heavy atom. The number of carboxylic acids is 1. The number of nitrogens with one attached hydrogen (secondary N) is 1. The molecule has 2 N–H and O–H groups in total. The fourth-order valence-electron chi connectivity index (χ4n) is 2.02. The van der Waals surface area contributed by atoms with Gasteiger partial charge in [0.25, 0.3) is 5.91 Å². The van der Waals surface area contributed by atoms with Gasteiger partial charge in [0, 0.05) is 31.3 Å². The third kappa shape index (κ3) is 2.18.